The topological polar surface area (TPSA) is 66.6 Å². The van der Waals surface area contributed by atoms with Crippen molar-refractivity contribution in [2.75, 3.05) is 0 Å². The fourth-order valence-corrected chi connectivity index (χ4v) is 1.44. The third kappa shape index (κ3) is 1.74. The van der Waals surface area contributed by atoms with E-state index in [-0.39, 0.29) is 5.69 Å². The van der Waals surface area contributed by atoms with Crippen molar-refractivity contribution in [2.45, 2.75) is 6.92 Å². The second-order valence-electron chi connectivity index (χ2n) is 3.17. The van der Waals surface area contributed by atoms with Gasteiger partial charge in [0.1, 0.15) is 11.6 Å². The second kappa shape index (κ2) is 4.04. The highest BCUT2D eigenvalue weighted by atomic mass is 19.1. The molecule has 80 valence electrons. The molecule has 0 spiro atoms. The number of imidazole rings is 1. The van der Waals surface area contributed by atoms with Crippen LogP contribution in [0.1, 0.15) is 5.82 Å². The molecule has 0 amide bonds. The lowest BCUT2D eigenvalue weighted by Crippen LogP contribution is -1.98. The van der Waals surface area contributed by atoms with E-state index in [2.05, 4.69) is 15.0 Å². The van der Waals surface area contributed by atoms with Gasteiger partial charge in [-0.25, -0.2) is 9.37 Å². The van der Waals surface area contributed by atoms with Gasteiger partial charge >= 0.3 is 0 Å². The average Bonchev–Trinajstić information content (AvgIpc) is 2.65. The van der Waals surface area contributed by atoms with Crippen LogP contribution in [-0.2, 0) is 0 Å². The van der Waals surface area contributed by atoms with E-state index in [9.17, 15) is 4.39 Å². The Bertz CT molecular complexity index is 568. The molecule has 0 aliphatic heterocycles. The van der Waals surface area contributed by atoms with E-state index >= 15 is 0 Å². The number of halogens is 1. The van der Waals surface area contributed by atoms with Crippen molar-refractivity contribution < 1.29 is 4.39 Å². The monoisotopic (exact) mass is 217 g/mol. The maximum Gasteiger partial charge on any atom is 0.147 e. The van der Waals surface area contributed by atoms with Crippen LogP contribution in [-0.4, -0.2) is 9.55 Å². The lowest BCUT2D eigenvalue weighted by Gasteiger charge is -2.06. The predicted molar refractivity (Wildman–Crippen MR) is 57.1 cm³/mol. The van der Waals surface area contributed by atoms with Crippen molar-refractivity contribution >= 4 is 5.69 Å². The van der Waals surface area contributed by atoms with Gasteiger partial charge in [-0.1, -0.05) is 11.2 Å². The van der Waals surface area contributed by atoms with Crippen LogP contribution in [0.2, 0.25) is 0 Å². The van der Waals surface area contributed by atoms with Crippen LogP contribution in [0.15, 0.2) is 35.7 Å². The molecule has 0 unspecified atom stereocenters. The number of aromatic nitrogens is 2. The fourth-order valence-electron chi connectivity index (χ4n) is 1.44. The van der Waals surface area contributed by atoms with E-state index in [1.165, 1.54) is 6.07 Å². The van der Waals surface area contributed by atoms with Crippen LogP contribution in [0, 0.1) is 12.7 Å². The van der Waals surface area contributed by atoms with Crippen LogP contribution >= 0.6 is 0 Å². The molecule has 6 heteroatoms. The smallest absolute Gasteiger partial charge is 0.147 e. The highest BCUT2D eigenvalue weighted by molar-refractivity contribution is 5.46. The zero-order chi connectivity index (χ0) is 11.5. The van der Waals surface area contributed by atoms with Gasteiger partial charge in [0, 0.05) is 23.0 Å². The summed E-state index contributed by atoms with van der Waals surface area (Å²) in [5, 5.41) is 3.33. The number of benzene rings is 1. The molecule has 1 aromatic carbocycles. The summed E-state index contributed by atoms with van der Waals surface area (Å²) in [6, 6.07) is 4.29. The number of nitrogens with zero attached hydrogens (tertiary/aromatic N) is 5. The Hall–Kier alpha value is -2.33. The Morgan fingerprint density at radius 3 is 2.88 bits per heavy atom. The van der Waals surface area contributed by atoms with E-state index in [1.54, 1.807) is 36.0 Å². The average molecular weight is 217 g/mol. The molecular formula is C10H8FN5. The zero-order valence-corrected chi connectivity index (χ0v) is 8.50. The predicted octanol–water partition coefficient (Wildman–Crippen LogP) is 3.26. The summed E-state index contributed by atoms with van der Waals surface area (Å²) in [5.74, 6) is 0.237. The lowest BCUT2D eigenvalue weighted by atomic mass is 10.2. The Morgan fingerprint density at radius 2 is 2.31 bits per heavy atom. The summed E-state index contributed by atoms with van der Waals surface area (Å²) in [4.78, 5) is 6.60. The first-order valence-electron chi connectivity index (χ1n) is 4.57. The summed E-state index contributed by atoms with van der Waals surface area (Å²) in [5.41, 5.74) is 8.86. The third-order valence-electron chi connectivity index (χ3n) is 2.18. The van der Waals surface area contributed by atoms with Crippen molar-refractivity contribution in [3.63, 3.8) is 0 Å². The van der Waals surface area contributed by atoms with Crippen LogP contribution < -0.4 is 0 Å². The minimum atomic E-state index is -0.453. The van der Waals surface area contributed by atoms with Crippen molar-refractivity contribution in [2.24, 2.45) is 5.11 Å². The van der Waals surface area contributed by atoms with Gasteiger partial charge in [-0.2, -0.15) is 0 Å². The summed E-state index contributed by atoms with van der Waals surface area (Å²) in [6.45, 7) is 1.78. The molecule has 2 aromatic rings. The molecule has 0 N–H and O–H groups in total. The summed E-state index contributed by atoms with van der Waals surface area (Å²) in [7, 11) is 0. The van der Waals surface area contributed by atoms with Gasteiger partial charge in [0.2, 0.25) is 0 Å². The molecule has 1 heterocycles. The second-order valence-corrected chi connectivity index (χ2v) is 3.17. The van der Waals surface area contributed by atoms with Crippen molar-refractivity contribution in [3.05, 3.63) is 52.7 Å². The Kier molecular flexibility index (Phi) is 2.57. The van der Waals surface area contributed by atoms with Gasteiger partial charge in [0.15, 0.2) is 0 Å². The normalized spacial score (nSPS) is 9.88. The SMILES string of the molecule is Cc1nccn1-c1ccc(N=[N+]=[N-])cc1F. The van der Waals surface area contributed by atoms with Gasteiger partial charge in [-0.3, -0.25) is 0 Å². The molecule has 2 rings (SSSR count). The molecule has 0 aliphatic carbocycles. The van der Waals surface area contributed by atoms with Gasteiger partial charge in [-0.15, -0.1) is 0 Å². The molecular weight excluding hydrogens is 209 g/mol. The minimum absolute atomic E-state index is 0.251. The van der Waals surface area contributed by atoms with Crippen LogP contribution in [0.4, 0.5) is 10.1 Å². The van der Waals surface area contributed by atoms with E-state index < -0.39 is 5.82 Å². The largest absolute Gasteiger partial charge is 0.301 e. The van der Waals surface area contributed by atoms with E-state index in [1.807, 2.05) is 0 Å². The number of azide groups is 1. The molecule has 16 heavy (non-hydrogen) atoms. The first-order valence-corrected chi connectivity index (χ1v) is 4.57. The zero-order valence-electron chi connectivity index (χ0n) is 8.50. The standard InChI is InChI=1S/C10H8FN5/c1-7-13-4-5-16(7)10-3-2-8(14-15-12)6-9(10)11/h2-6H,1H3. The van der Waals surface area contributed by atoms with Gasteiger partial charge in [0.05, 0.1) is 5.69 Å². The molecule has 0 saturated carbocycles. The van der Waals surface area contributed by atoms with Gasteiger partial charge in [0.25, 0.3) is 0 Å². The van der Waals surface area contributed by atoms with E-state index in [4.69, 9.17) is 5.53 Å². The first-order chi connectivity index (χ1) is 7.72. The van der Waals surface area contributed by atoms with E-state index in [0.29, 0.717) is 11.5 Å². The number of rotatable bonds is 2. The maximum atomic E-state index is 13.7. The van der Waals surface area contributed by atoms with Crippen molar-refractivity contribution in [1.29, 1.82) is 0 Å². The van der Waals surface area contributed by atoms with Crippen molar-refractivity contribution in [3.8, 4) is 5.69 Å². The minimum Gasteiger partial charge on any atom is -0.301 e. The molecule has 1 aromatic heterocycles. The highest BCUT2D eigenvalue weighted by Crippen LogP contribution is 2.21. The van der Waals surface area contributed by atoms with Gasteiger partial charge in [-0.05, 0) is 24.6 Å². The third-order valence-corrected chi connectivity index (χ3v) is 2.18. The molecule has 0 bridgehead atoms. The van der Waals surface area contributed by atoms with Crippen LogP contribution in [0.25, 0.3) is 16.1 Å². The summed E-state index contributed by atoms with van der Waals surface area (Å²) in [6.07, 6.45) is 3.26. The van der Waals surface area contributed by atoms with E-state index in [0.717, 1.165) is 0 Å². The summed E-state index contributed by atoms with van der Waals surface area (Å²) >= 11 is 0. The number of aryl methyl sites for hydroxylation is 1. The highest BCUT2D eigenvalue weighted by Gasteiger charge is 2.06. The molecule has 0 radical (unpaired) electrons. The Morgan fingerprint density at radius 1 is 1.50 bits per heavy atom. The molecule has 0 saturated heterocycles. The quantitative estimate of drug-likeness (QED) is 0.432. The van der Waals surface area contributed by atoms with Crippen LogP contribution in [0.5, 0.6) is 0 Å². The number of hydrogen-bond acceptors (Lipinski definition) is 2. The number of hydrogen-bond donors (Lipinski definition) is 0. The molecule has 0 aliphatic rings. The fraction of sp³-hybridized carbons (Fsp3) is 0.100. The maximum absolute atomic E-state index is 13.7. The van der Waals surface area contributed by atoms with Crippen LogP contribution in [0.3, 0.4) is 0 Å². The first kappa shape index (κ1) is 10.2. The lowest BCUT2D eigenvalue weighted by molar-refractivity contribution is 0.617. The molecule has 0 atom stereocenters. The van der Waals surface area contributed by atoms with Gasteiger partial charge < -0.3 is 4.57 Å². The van der Waals surface area contributed by atoms with Crippen molar-refractivity contribution in [1.82, 2.24) is 9.55 Å². The Labute approximate surface area is 90.8 Å². The summed E-state index contributed by atoms with van der Waals surface area (Å²) < 4.78 is 15.3. The molecule has 5 nitrogen and oxygen atoms in total. The Balaban J connectivity index is 2.52. The molecule has 0 fully saturated rings.